The number of ether oxygens (including phenoxy) is 1. The highest BCUT2D eigenvalue weighted by atomic mass is 127. The highest BCUT2D eigenvalue weighted by molar-refractivity contribution is 14.0. The number of halogens is 2. The summed E-state index contributed by atoms with van der Waals surface area (Å²) in [6.45, 7) is 7.58. The van der Waals surface area contributed by atoms with Gasteiger partial charge in [-0.05, 0) is 39.0 Å². The predicted octanol–water partition coefficient (Wildman–Crippen LogP) is 4.21. The van der Waals surface area contributed by atoms with Gasteiger partial charge in [0.2, 0.25) is 0 Å². The van der Waals surface area contributed by atoms with E-state index in [1.54, 1.807) is 18.4 Å². The van der Waals surface area contributed by atoms with Crippen molar-refractivity contribution in [3.8, 4) is 5.75 Å². The van der Waals surface area contributed by atoms with E-state index < -0.39 is 0 Å². The van der Waals surface area contributed by atoms with Gasteiger partial charge in [0.05, 0.1) is 17.2 Å². The molecule has 0 amide bonds. The zero-order valence-electron chi connectivity index (χ0n) is 15.5. The Balaban J connectivity index is 0.00000338. The van der Waals surface area contributed by atoms with Crippen LogP contribution >= 0.6 is 46.9 Å². The fourth-order valence-electron chi connectivity index (χ4n) is 2.21. The highest BCUT2D eigenvalue weighted by Crippen LogP contribution is 2.18. The lowest BCUT2D eigenvalue weighted by Crippen LogP contribution is -2.42. The lowest BCUT2D eigenvalue weighted by atomic mass is 10.3. The summed E-state index contributed by atoms with van der Waals surface area (Å²) in [4.78, 5) is 10.1. The summed E-state index contributed by atoms with van der Waals surface area (Å²) in [5, 5.41) is 8.39. The first kappa shape index (κ1) is 23.0. The number of nitrogens with one attached hydrogen (secondary N) is 2. The molecule has 5 nitrogen and oxygen atoms in total. The zero-order valence-corrected chi connectivity index (χ0v) is 19.4. The minimum absolute atomic E-state index is 0. The van der Waals surface area contributed by atoms with Crippen molar-refractivity contribution in [3.63, 3.8) is 0 Å². The van der Waals surface area contributed by atoms with E-state index in [4.69, 9.17) is 16.3 Å². The van der Waals surface area contributed by atoms with Gasteiger partial charge in [-0.1, -0.05) is 17.7 Å². The third-order valence-corrected chi connectivity index (χ3v) is 4.99. The van der Waals surface area contributed by atoms with Crippen LogP contribution in [0.5, 0.6) is 5.75 Å². The number of aliphatic imine (C=N–C) groups is 1. The topological polar surface area (TPSA) is 58.5 Å². The van der Waals surface area contributed by atoms with Gasteiger partial charge in [-0.3, -0.25) is 4.99 Å². The van der Waals surface area contributed by atoms with Crippen molar-refractivity contribution in [2.45, 2.75) is 33.3 Å². The number of thiazole rings is 1. The second kappa shape index (κ2) is 11.6. The normalized spacial score (nSPS) is 12.3. The van der Waals surface area contributed by atoms with Crippen LogP contribution in [0.4, 0.5) is 0 Å². The van der Waals surface area contributed by atoms with Crippen molar-refractivity contribution in [1.29, 1.82) is 0 Å². The van der Waals surface area contributed by atoms with Gasteiger partial charge in [-0.25, -0.2) is 4.98 Å². The molecule has 1 unspecified atom stereocenters. The number of guanidine groups is 1. The van der Waals surface area contributed by atoms with Crippen molar-refractivity contribution in [2.24, 2.45) is 4.99 Å². The quantitative estimate of drug-likeness (QED) is 0.334. The molecule has 1 aromatic carbocycles. The van der Waals surface area contributed by atoms with Gasteiger partial charge in [-0.15, -0.1) is 35.3 Å². The Hall–Kier alpha value is -1.06. The monoisotopic (exact) mass is 508 g/mol. The molecule has 0 aliphatic carbocycles. The minimum atomic E-state index is -0.0127. The third kappa shape index (κ3) is 7.67. The van der Waals surface area contributed by atoms with Crippen molar-refractivity contribution in [2.75, 3.05) is 20.1 Å². The Bertz CT molecular complexity index is 703. The third-order valence-electron chi connectivity index (χ3n) is 3.62. The summed E-state index contributed by atoms with van der Waals surface area (Å²) >= 11 is 7.72. The number of aryl methyl sites for hydroxylation is 2. The van der Waals surface area contributed by atoms with Crippen molar-refractivity contribution in [3.05, 3.63) is 44.9 Å². The number of hydrogen-bond acceptors (Lipinski definition) is 4. The Morgan fingerprint density at radius 1 is 1.35 bits per heavy atom. The van der Waals surface area contributed by atoms with Gasteiger partial charge >= 0.3 is 0 Å². The molecule has 8 heteroatoms. The van der Waals surface area contributed by atoms with Crippen LogP contribution < -0.4 is 15.4 Å². The minimum Gasteiger partial charge on any atom is -0.489 e. The van der Waals surface area contributed by atoms with Crippen LogP contribution in [0.2, 0.25) is 5.02 Å². The van der Waals surface area contributed by atoms with E-state index in [2.05, 4.69) is 27.5 Å². The molecule has 0 saturated carbocycles. The summed E-state index contributed by atoms with van der Waals surface area (Å²) in [5.74, 6) is 1.52. The van der Waals surface area contributed by atoms with Crippen molar-refractivity contribution in [1.82, 2.24) is 15.6 Å². The number of hydrogen-bond donors (Lipinski definition) is 2. The average molecular weight is 509 g/mol. The highest BCUT2D eigenvalue weighted by Gasteiger charge is 2.07. The average Bonchev–Trinajstić information content (AvgIpc) is 2.88. The molecular weight excluding hydrogens is 483 g/mol. The molecule has 1 heterocycles. The number of benzene rings is 1. The molecule has 2 aromatic rings. The summed E-state index contributed by atoms with van der Waals surface area (Å²) in [5.41, 5.74) is 1.12. The van der Waals surface area contributed by atoms with Crippen molar-refractivity contribution < 1.29 is 4.74 Å². The zero-order chi connectivity index (χ0) is 18.2. The molecule has 0 aliphatic heterocycles. The number of nitrogens with zero attached hydrogens (tertiary/aromatic N) is 2. The molecule has 26 heavy (non-hydrogen) atoms. The lowest BCUT2D eigenvalue weighted by molar-refractivity contribution is 0.224. The summed E-state index contributed by atoms with van der Waals surface area (Å²) in [6.07, 6.45) is 0.871. The molecule has 0 spiro atoms. The maximum absolute atomic E-state index is 5.97. The van der Waals surface area contributed by atoms with Gasteiger partial charge in [-0.2, -0.15) is 0 Å². The van der Waals surface area contributed by atoms with Gasteiger partial charge in [0, 0.05) is 29.9 Å². The van der Waals surface area contributed by atoms with Crippen LogP contribution in [0.1, 0.15) is 22.5 Å². The molecule has 2 N–H and O–H groups in total. The fourth-order valence-corrected chi connectivity index (χ4v) is 3.32. The molecule has 0 fully saturated rings. The molecule has 1 atom stereocenters. The van der Waals surface area contributed by atoms with E-state index in [9.17, 15) is 0 Å². The molecular formula is C18H26ClIN4OS. The first-order valence-corrected chi connectivity index (χ1v) is 9.47. The van der Waals surface area contributed by atoms with Crippen LogP contribution in [-0.4, -0.2) is 37.2 Å². The Morgan fingerprint density at radius 3 is 2.73 bits per heavy atom. The predicted molar refractivity (Wildman–Crippen MR) is 122 cm³/mol. The Kier molecular flexibility index (Phi) is 10.3. The van der Waals surface area contributed by atoms with E-state index >= 15 is 0 Å². The molecule has 2 rings (SSSR count). The van der Waals surface area contributed by atoms with Crippen LogP contribution in [-0.2, 0) is 6.42 Å². The summed E-state index contributed by atoms with van der Waals surface area (Å²) < 4.78 is 5.84. The maximum Gasteiger partial charge on any atom is 0.191 e. The first-order chi connectivity index (χ1) is 12.0. The molecule has 0 radical (unpaired) electrons. The Morgan fingerprint density at radius 2 is 2.12 bits per heavy atom. The van der Waals surface area contributed by atoms with Crippen LogP contribution in [0.3, 0.4) is 0 Å². The molecule has 144 valence electrons. The second-order valence-corrected chi connectivity index (χ2v) is 7.49. The molecule has 1 aromatic heterocycles. The van der Waals surface area contributed by atoms with Gasteiger partial charge in [0.15, 0.2) is 5.96 Å². The van der Waals surface area contributed by atoms with Crippen LogP contribution in [0.25, 0.3) is 0 Å². The molecule has 0 saturated heterocycles. The maximum atomic E-state index is 5.97. The summed E-state index contributed by atoms with van der Waals surface area (Å²) in [7, 11) is 1.76. The largest absolute Gasteiger partial charge is 0.489 e. The summed E-state index contributed by atoms with van der Waals surface area (Å²) in [6, 6.07) is 7.41. The fraction of sp³-hybridized carbons (Fsp3) is 0.444. The van der Waals surface area contributed by atoms with E-state index in [1.807, 2.05) is 38.1 Å². The van der Waals surface area contributed by atoms with Crippen LogP contribution in [0.15, 0.2) is 29.3 Å². The number of rotatable bonds is 7. The molecule has 0 aliphatic rings. The smallest absolute Gasteiger partial charge is 0.191 e. The standard InChI is InChI=1S/C18H25ClN4OS.HI/c1-12(24-16-7-5-6-15(19)10-16)11-22-18(20-4)21-9-8-17-23-13(2)14(3)25-17;/h5-7,10,12H,8-9,11H2,1-4H3,(H2,20,21,22);1H. The number of aromatic nitrogens is 1. The van der Waals surface area contributed by atoms with E-state index in [-0.39, 0.29) is 30.1 Å². The lowest BCUT2D eigenvalue weighted by Gasteiger charge is -2.17. The van der Waals surface area contributed by atoms with Gasteiger partial charge < -0.3 is 15.4 Å². The second-order valence-electron chi connectivity index (χ2n) is 5.76. The van der Waals surface area contributed by atoms with Crippen molar-refractivity contribution >= 4 is 52.9 Å². The SMILES string of the molecule is CN=C(NCCc1nc(C)c(C)s1)NCC(C)Oc1cccc(Cl)c1.I. The van der Waals surface area contributed by atoms with E-state index in [1.165, 1.54) is 4.88 Å². The van der Waals surface area contributed by atoms with Gasteiger partial charge in [0.1, 0.15) is 11.9 Å². The van der Waals surface area contributed by atoms with E-state index in [0.717, 1.165) is 35.4 Å². The first-order valence-electron chi connectivity index (χ1n) is 8.27. The van der Waals surface area contributed by atoms with E-state index in [0.29, 0.717) is 11.6 Å². The van der Waals surface area contributed by atoms with Gasteiger partial charge in [0.25, 0.3) is 0 Å². The molecule has 0 bridgehead atoms. The Labute approximate surface area is 181 Å². The van der Waals surface area contributed by atoms with Crippen LogP contribution in [0, 0.1) is 13.8 Å².